The van der Waals surface area contributed by atoms with Crippen molar-refractivity contribution in [1.82, 2.24) is 14.9 Å². The smallest absolute Gasteiger partial charge is 0.269 e. The van der Waals surface area contributed by atoms with Crippen molar-refractivity contribution in [3.8, 4) is 0 Å². The van der Waals surface area contributed by atoms with E-state index in [1.807, 2.05) is 6.92 Å². The molecule has 0 saturated heterocycles. The van der Waals surface area contributed by atoms with Gasteiger partial charge < -0.3 is 0 Å². The maximum Gasteiger partial charge on any atom is 0.269 e. The van der Waals surface area contributed by atoms with Crippen LogP contribution in [0.25, 0.3) is 0 Å². The number of aromatic nitrogens is 2. The van der Waals surface area contributed by atoms with Gasteiger partial charge in [-0.15, -0.1) is 10.2 Å². The summed E-state index contributed by atoms with van der Waals surface area (Å²) in [6.45, 7) is 2.16. The molecule has 0 fully saturated rings. The van der Waals surface area contributed by atoms with Crippen molar-refractivity contribution in [1.29, 1.82) is 0 Å². The first kappa shape index (κ1) is 16.8. The summed E-state index contributed by atoms with van der Waals surface area (Å²) >= 11 is 6.53. The van der Waals surface area contributed by atoms with Crippen LogP contribution in [0.3, 0.4) is 0 Å². The molecule has 0 saturated carbocycles. The highest BCUT2D eigenvalue weighted by molar-refractivity contribution is 7.91. The maximum absolute atomic E-state index is 12.0. The molecule has 118 valence electrons. The lowest BCUT2D eigenvalue weighted by atomic mass is 10.2. The van der Waals surface area contributed by atoms with Crippen molar-refractivity contribution in [2.24, 2.45) is 0 Å². The Morgan fingerprint density at radius 1 is 1.27 bits per heavy atom. The van der Waals surface area contributed by atoms with E-state index in [0.29, 0.717) is 23.6 Å². The van der Waals surface area contributed by atoms with E-state index in [2.05, 4.69) is 20.2 Å². The Hall–Kier alpha value is -1.55. The van der Waals surface area contributed by atoms with Crippen molar-refractivity contribution in [3.63, 3.8) is 0 Å². The van der Waals surface area contributed by atoms with Gasteiger partial charge in [0.05, 0.1) is 0 Å². The van der Waals surface area contributed by atoms with E-state index in [-0.39, 0.29) is 9.47 Å². The monoisotopic (exact) mass is 360 g/mol. The topological polar surface area (TPSA) is 101 Å². The van der Waals surface area contributed by atoms with E-state index in [9.17, 15) is 13.2 Å². The fourth-order valence-electron chi connectivity index (χ4n) is 1.44. The molecule has 1 heterocycles. The van der Waals surface area contributed by atoms with Crippen LogP contribution < -0.4 is 10.0 Å². The van der Waals surface area contributed by atoms with Crippen LogP contribution in [0, 0.1) is 0 Å². The highest BCUT2D eigenvalue weighted by Gasteiger charge is 2.20. The third kappa shape index (κ3) is 4.23. The van der Waals surface area contributed by atoms with E-state index in [4.69, 9.17) is 11.6 Å². The number of rotatable bonds is 6. The zero-order chi connectivity index (χ0) is 16.2. The summed E-state index contributed by atoms with van der Waals surface area (Å²) in [4.78, 5) is 12.0. The van der Waals surface area contributed by atoms with Crippen LogP contribution in [0.15, 0.2) is 28.6 Å². The summed E-state index contributed by atoms with van der Waals surface area (Å²) in [6, 6.07) is 6.28. The van der Waals surface area contributed by atoms with Gasteiger partial charge in [0.15, 0.2) is 0 Å². The fraction of sp³-hybridized carbons (Fsp3) is 0.250. The molecule has 0 radical (unpaired) electrons. The van der Waals surface area contributed by atoms with Crippen LogP contribution in [0.4, 0.5) is 5.13 Å². The molecule has 7 nitrogen and oxygen atoms in total. The summed E-state index contributed by atoms with van der Waals surface area (Å²) in [5, 5.41) is 10.4. The SMILES string of the molecule is CCCNS(=O)(=O)c1nnc(NC(=O)c2ccc(Cl)cc2)s1. The second-order valence-electron chi connectivity index (χ2n) is 4.23. The van der Waals surface area contributed by atoms with Gasteiger partial charge in [-0.05, 0) is 30.7 Å². The molecule has 0 aliphatic rings. The average molecular weight is 361 g/mol. The van der Waals surface area contributed by atoms with Gasteiger partial charge >= 0.3 is 0 Å². The minimum atomic E-state index is -3.68. The number of carbonyl (C=O) groups is 1. The van der Waals surface area contributed by atoms with E-state index in [1.54, 1.807) is 24.3 Å². The predicted molar refractivity (Wildman–Crippen MR) is 84.8 cm³/mol. The largest absolute Gasteiger partial charge is 0.296 e. The number of benzene rings is 1. The Morgan fingerprint density at radius 2 is 1.95 bits per heavy atom. The zero-order valence-electron chi connectivity index (χ0n) is 11.5. The Bertz CT molecular complexity index is 759. The van der Waals surface area contributed by atoms with Gasteiger partial charge in [-0.1, -0.05) is 29.9 Å². The van der Waals surface area contributed by atoms with E-state index < -0.39 is 15.9 Å². The maximum atomic E-state index is 12.0. The summed E-state index contributed by atoms with van der Waals surface area (Å²) < 4.78 is 25.9. The second-order valence-corrected chi connectivity index (χ2v) is 7.59. The van der Waals surface area contributed by atoms with Gasteiger partial charge in [0, 0.05) is 17.1 Å². The average Bonchev–Trinajstić information content (AvgIpc) is 2.95. The van der Waals surface area contributed by atoms with Gasteiger partial charge in [-0.25, -0.2) is 13.1 Å². The van der Waals surface area contributed by atoms with Crippen molar-refractivity contribution < 1.29 is 13.2 Å². The first-order valence-electron chi connectivity index (χ1n) is 6.32. The van der Waals surface area contributed by atoms with Crippen LogP contribution in [-0.4, -0.2) is 31.1 Å². The minimum Gasteiger partial charge on any atom is -0.296 e. The highest BCUT2D eigenvalue weighted by Crippen LogP contribution is 2.20. The molecule has 0 bridgehead atoms. The van der Waals surface area contributed by atoms with Crippen LogP contribution in [-0.2, 0) is 10.0 Å². The number of anilines is 1. The van der Waals surface area contributed by atoms with E-state index in [0.717, 1.165) is 11.3 Å². The lowest BCUT2D eigenvalue weighted by Gasteiger charge is -2.01. The van der Waals surface area contributed by atoms with Crippen molar-refractivity contribution in [2.45, 2.75) is 17.7 Å². The Kier molecular flexibility index (Phi) is 5.46. The summed E-state index contributed by atoms with van der Waals surface area (Å²) in [7, 11) is -3.68. The molecule has 22 heavy (non-hydrogen) atoms. The highest BCUT2D eigenvalue weighted by atomic mass is 35.5. The molecule has 1 amide bonds. The Balaban J connectivity index is 2.09. The Morgan fingerprint density at radius 3 is 2.59 bits per heavy atom. The molecule has 2 rings (SSSR count). The summed E-state index contributed by atoms with van der Waals surface area (Å²) in [5.74, 6) is -0.418. The molecule has 2 N–H and O–H groups in total. The summed E-state index contributed by atoms with van der Waals surface area (Å²) in [6.07, 6.45) is 0.665. The van der Waals surface area contributed by atoms with Crippen LogP contribution in [0.5, 0.6) is 0 Å². The van der Waals surface area contributed by atoms with Crippen LogP contribution in [0.2, 0.25) is 5.02 Å². The normalized spacial score (nSPS) is 11.4. The van der Waals surface area contributed by atoms with Gasteiger partial charge in [-0.3, -0.25) is 10.1 Å². The van der Waals surface area contributed by atoms with Gasteiger partial charge in [0.1, 0.15) is 0 Å². The third-order valence-electron chi connectivity index (χ3n) is 2.51. The number of hydrogen-bond acceptors (Lipinski definition) is 6. The van der Waals surface area contributed by atoms with Gasteiger partial charge in [-0.2, -0.15) is 0 Å². The number of nitrogens with one attached hydrogen (secondary N) is 2. The number of carbonyl (C=O) groups excluding carboxylic acids is 1. The minimum absolute atomic E-state index is 0.108. The first-order chi connectivity index (χ1) is 10.4. The fourth-order valence-corrected chi connectivity index (χ4v) is 3.63. The molecule has 10 heteroatoms. The molecular weight excluding hydrogens is 348 g/mol. The molecule has 1 aromatic carbocycles. The molecular formula is C12H13ClN4O3S2. The first-order valence-corrected chi connectivity index (χ1v) is 9.00. The van der Waals surface area contributed by atoms with Crippen LogP contribution >= 0.6 is 22.9 Å². The van der Waals surface area contributed by atoms with Gasteiger partial charge in [0.25, 0.3) is 15.9 Å². The molecule has 0 aliphatic carbocycles. The Labute approximate surface area is 136 Å². The standard InChI is InChI=1S/C12H13ClN4O3S2/c1-2-7-14-22(19,20)12-17-16-11(21-12)15-10(18)8-3-5-9(13)6-4-8/h3-6,14H,2,7H2,1H3,(H,15,16,18). The molecule has 0 atom stereocenters. The van der Waals surface area contributed by atoms with Crippen molar-refractivity contribution in [2.75, 3.05) is 11.9 Å². The quantitative estimate of drug-likeness (QED) is 0.768. The summed E-state index contributed by atoms with van der Waals surface area (Å²) in [5.41, 5.74) is 0.383. The molecule has 0 unspecified atom stereocenters. The molecule has 0 spiro atoms. The third-order valence-corrected chi connectivity index (χ3v) is 5.42. The van der Waals surface area contributed by atoms with Crippen molar-refractivity contribution >= 4 is 44.0 Å². The number of amides is 1. The van der Waals surface area contributed by atoms with E-state index in [1.165, 1.54) is 0 Å². The predicted octanol–water partition coefficient (Wildman–Crippen LogP) is 2.13. The number of halogens is 1. The van der Waals surface area contributed by atoms with Crippen LogP contribution in [0.1, 0.15) is 23.7 Å². The van der Waals surface area contributed by atoms with Crippen molar-refractivity contribution in [3.05, 3.63) is 34.9 Å². The number of sulfonamides is 1. The number of nitrogens with zero attached hydrogens (tertiary/aromatic N) is 2. The van der Waals surface area contributed by atoms with E-state index >= 15 is 0 Å². The zero-order valence-corrected chi connectivity index (χ0v) is 13.9. The number of hydrogen-bond donors (Lipinski definition) is 2. The molecule has 1 aromatic heterocycles. The molecule has 0 aliphatic heterocycles. The lowest BCUT2D eigenvalue weighted by Crippen LogP contribution is -2.24. The lowest BCUT2D eigenvalue weighted by molar-refractivity contribution is 0.102. The second kappa shape index (κ2) is 7.14. The van der Waals surface area contributed by atoms with Gasteiger partial charge in [0.2, 0.25) is 9.47 Å². The molecule has 2 aromatic rings.